The summed E-state index contributed by atoms with van der Waals surface area (Å²) in [7, 11) is 1.68. The van der Waals surface area contributed by atoms with Crippen LogP contribution in [0.4, 0.5) is 0 Å². The van der Waals surface area contributed by atoms with Crippen LogP contribution in [0.3, 0.4) is 0 Å². The zero-order valence-corrected chi connectivity index (χ0v) is 13.4. The fourth-order valence-corrected chi connectivity index (χ4v) is 2.42. The molecule has 0 bridgehead atoms. The summed E-state index contributed by atoms with van der Waals surface area (Å²) in [5.41, 5.74) is 4.61. The zero-order chi connectivity index (χ0) is 15.9. The van der Waals surface area contributed by atoms with Gasteiger partial charge >= 0.3 is 0 Å². The molecule has 0 N–H and O–H groups in total. The van der Waals surface area contributed by atoms with E-state index in [9.17, 15) is 0 Å². The average molecular weight is 294 g/mol. The van der Waals surface area contributed by atoms with E-state index in [1.54, 1.807) is 7.11 Å². The van der Waals surface area contributed by atoms with Crippen molar-refractivity contribution in [2.75, 3.05) is 13.7 Å². The fraction of sp³-hybridized carbons (Fsp3) is 0.200. The molecule has 22 heavy (non-hydrogen) atoms. The van der Waals surface area contributed by atoms with Crippen LogP contribution < -0.4 is 9.47 Å². The van der Waals surface area contributed by atoms with Gasteiger partial charge in [-0.2, -0.15) is 0 Å². The highest BCUT2D eigenvalue weighted by molar-refractivity contribution is 5.82. The molecule has 0 unspecified atom stereocenters. The first-order valence-electron chi connectivity index (χ1n) is 7.40. The van der Waals surface area contributed by atoms with Crippen molar-refractivity contribution in [2.24, 2.45) is 0 Å². The Balaban J connectivity index is 2.42. The summed E-state index contributed by atoms with van der Waals surface area (Å²) in [4.78, 5) is 0. The molecular formula is C20H22O2. The number of hydrogen-bond acceptors (Lipinski definition) is 2. The van der Waals surface area contributed by atoms with Crippen molar-refractivity contribution < 1.29 is 9.47 Å². The van der Waals surface area contributed by atoms with Crippen LogP contribution in [0.15, 0.2) is 61.2 Å². The predicted molar refractivity (Wildman–Crippen MR) is 92.6 cm³/mol. The molecule has 2 rings (SSSR count). The number of methoxy groups -OCH3 is 1. The molecule has 0 saturated heterocycles. The molecule has 0 amide bonds. The molecule has 2 heteroatoms. The first-order chi connectivity index (χ1) is 10.7. The summed E-state index contributed by atoms with van der Waals surface area (Å²) in [6.45, 7) is 8.58. The van der Waals surface area contributed by atoms with Gasteiger partial charge in [0.15, 0.2) is 0 Å². The Morgan fingerprint density at radius 3 is 2.32 bits per heavy atom. The lowest BCUT2D eigenvalue weighted by molar-refractivity contribution is 0.340. The lowest BCUT2D eigenvalue weighted by Crippen LogP contribution is -1.94. The van der Waals surface area contributed by atoms with Crippen LogP contribution in [-0.4, -0.2) is 13.7 Å². The van der Waals surface area contributed by atoms with Crippen molar-refractivity contribution in [1.29, 1.82) is 0 Å². The van der Waals surface area contributed by atoms with Crippen LogP contribution in [0, 0.1) is 6.92 Å². The van der Waals surface area contributed by atoms with E-state index in [4.69, 9.17) is 9.47 Å². The maximum atomic E-state index is 5.50. The maximum Gasteiger partial charge on any atom is 0.119 e. The Labute approximate surface area is 132 Å². The summed E-state index contributed by atoms with van der Waals surface area (Å²) >= 11 is 0. The third-order valence-electron chi connectivity index (χ3n) is 3.48. The SMILES string of the molecule is C=C/C=C(\c1ccc(OCC)cc1)c1ccc(OC)cc1C. The Kier molecular flexibility index (Phi) is 5.42. The van der Waals surface area contributed by atoms with Crippen molar-refractivity contribution in [3.05, 3.63) is 77.9 Å². The van der Waals surface area contributed by atoms with Crippen LogP contribution in [-0.2, 0) is 0 Å². The summed E-state index contributed by atoms with van der Waals surface area (Å²) < 4.78 is 10.8. The van der Waals surface area contributed by atoms with E-state index < -0.39 is 0 Å². The minimum Gasteiger partial charge on any atom is -0.497 e. The summed E-state index contributed by atoms with van der Waals surface area (Å²) in [5.74, 6) is 1.75. The van der Waals surface area contributed by atoms with Crippen molar-refractivity contribution in [3.8, 4) is 11.5 Å². The average Bonchev–Trinajstić information content (AvgIpc) is 2.54. The molecule has 0 saturated carbocycles. The second-order valence-electron chi connectivity index (χ2n) is 4.95. The predicted octanol–water partition coefficient (Wildman–Crippen LogP) is 5.02. The Hall–Kier alpha value is -2.48. The van der Waals surface area contributed by atoms with E-state index in [1.165, 1.54) is 11.1 Å². The van der Waals surface area contributed by atoms with Gasteiger partial charge in [-0.25, -0.2) is 0 Å². The van der Waals surface area contributed by atoms with Crippen LogP contribution in [0.25, 0.3) is 5.57 Å². The van der Waals surface area contributed by atoms with Gasteiger partial charge < -0.3 is 9.47 Å². The van der Waals surface area contributed by atoms with Gasteiger partial charge in [0.2, 0.25) is 0 Å². The van der Waals surface area contributed by atoms with Crippen LogP contribution in [0.1, 0.15) is 23.6 Å². The molecule has 0 radical (unpaired) electrons. The lowest BCUT2D eigenvalue weighted by atomic mass is 9.94. The molecule has 2 nitrogen and oxygen atoms in total. The summed E-state index contributed by atoms with van der Waals surface area (Å²) in [6.07, 6.45) is 3.85. The normalized spacial score (nSPS) is 11.1. The zero-order valence-electron chi connectivity index (χ0n) is 13.4. The quantitative estimate of drug-likeness (QED) is 0.696. The largest absolute Gasteiger partial charge is 0.497 e. The molecule has 0 aromatic heterocycles. The van der Waals surface area contributed by atoms with Crippen molar-refractivity contribution in [1.82, 2.24) is 0 Å². The van der Waals surface area contributed by atoms with E-state index in [2.05, 4.69) is 31.7 Å². The standard InChI is InChI=1S/C20H22O2/c1-5-7-20(16-8-10-17(11-9-16)22-6-2)19-13-12-18(21-4)14-15(19)3/h5,7-14H,1,6H2,2-4H3/b20-7+. The molecule has 0 fully saturated rings. The molecule has 114 valence electrons. The molecular weight excluding hydrogens is 272 g/mol. The second kappa shape index (κ2) is 7.51. The molecule has 2 aromatic carbocycles. The van der Waals surface area contributed by atoms with Gasteiger partial charge in [0.1, 0.15) is 11.5 Å². The minimum atomic E-state index is 0.673. The number of hydrogen-bond donors (Lipinski definition) is 0. The number of aryl methyl sites for hydroxylation is 1. The maximum absolute atomic E-state index is 5.50. The highest BCUT2D eigenvalue weighted by Crippen LogP contribution is 2.29. The molecule has 0 heterocycles. The summed E-state index contributed by atoms with van der Waals surface area (Å²) in [6, 6.07) is 14.2. The van der Waals surface area contributed by atoms with Crippen molar-refractivity contribution >= 4 is 5.57 Å². The third-order valence-corrected chi connectivity index (χ3v) is 3.48. The van der Waals surface area contributed by atoms with Crippen LogP contribution in [0.5, 0.6) is 11.5 Å². The minimum absolute atomic E-state index is 0.673. The Morgan fingerprint density at radius 1 is 1.09 bits per heavy atom. The third kappa shape index (κ3) is 3.59. The molecule has 0 spiro atoms. The topological polar surface area (TPSA) is 18.5 Å². The molecule has 2 aromatic rings. The first kappa shape index (κ1) is 15.9. The van der Waals surface area contributed by atoms with Crippen molar-refractivity contribution in [3.63, 3.8) is 0 Å². The van der Waals surface area contributed by atoms with Gasteiger partial charge in [0.25, 0.3) is 0 Å². The first-order valence-corrected chi connectivity index (χ1v) is 7.40. The van der Waals surface area contributed by atoms with Gasteiger partial charge in [-0.05, 0) is 60.4 Å². The number of benzene rings is 2. The molecule has 0 aliphatic carbocycles. The van der Waals surface area contributed by atoms with Gasteiger partial charge in [-0.1, -0.05) is 36.9 Å². The van der Waals surface area contributed by atoms with Gasteiger partial charge in [0.05, 0.1) is 13.7 Å². The Morgan fingerprint density at radius 2 is 1.77 bits per heavy atom. The number of ether oxygens (including phenoxy) is 2. The highest BCUT2D eigenvalue weighted by Gasteiger charge is 2.08. The van der Waals surface area contributed by atoms with Crippen LogP contribution in [0.2, 0.25) is 0 Å². The van der Waals surface area contributed by atoms with Gasteiger partial charge in [-0.15, -0.1) is 0 Å². The fourth-order valence-electron chi connectivity index (χ4n) is 2.42. The second-order valence-corrected chi connectivity index (χ2v) is 4.95. The monoisotopic (exact) mass is 294 g/mol. The lowest BCUT2D eigenvalue weighted by Gasteiger charge is -2.13. The summed E-state index contributed by atoms with van der Waals surface area (Å²) in [5, 5.41) is 0. The van der Waals surface area contributed by atoms with E-state index in [1.807, 2.05) is 43.3 Å². The van der Waals surface area contributed by atoms with E-state index in [0.29, 0.717) is 6.61 Å². The number of allylic oxidation sites excluding steroid dienone is 2. The van der Waals surface area contributed by atoms with E-state index in [0.717, 1.165) is 22.6 Å². The van der Waals surface area contributed by atoms with E-state index in [-0.39, 0.29) is 0 Å². The van der Waals surface area contributed by atoms with Gasteiger partial charge in [-0.3, -0.25) is 0 Å². The van der Waals surface area contributed by atoms with Crippen molar-refractivity contribution in [2.45, 2.75) is 13.8 Å². The van der Waals surface area contributed by atoms with Crippen LogP contribution >= 0.6 is 0 Å². The Bertz CT molecular complexity index is 667. The number of rotatable bonds is 6. The highest BCUT2D eigenvalue weighted by atomic mass is 16.5. The molecule has 0 aliphatic rings. The molecule has 0 aliphatic heterocycles. The molecule has 0 atom stereocenters. The van der Waals surface area contributed by atoms with E-state index >= 15 is 0 Å². The smallest absolute Gasteiger partial charge is 0.119 e. The van der Waals surface area contributed by atoms with Gasteiger partial charge in [0, 0.05) is 0 Å².